The van der Waals surface area contributed by atoms with Crippen LogP contribution in [0.2, 0.25) is 0 Å². The maximum absolute atomic E-state index is 11.4. The lowest BCUT2D eigenvalue weighted by Crippen LogP contribution is -2.19. The number of ketones is 1. The summed E-state index contributed by atoms with van der Waals surface area (Å²) in [6.07, 6.45) is 4.49. The minimum Gasteiger partial charge on any atom is -0.299 e. The summed E-state index contributed by atoms with van der Waals surface area (Å²) in [6, 6.07) is 8.23. The minimum atomic E-state index is 0.0962. The Kier molecular flexibility index (Phi) is 4.10. The molecule has 0 aliphatic carbocycles. The van der Waals surface area contributed by atoms with Crippen LogP contribution in [0.15, 0.2) is 36.9 Å². The molecule has 0 atom stereocenters. The number of likely N-dealkylation sites (tertiary alicyclic amines) is 1. The molecule has 0 aromatic heterocycles. The van der Waals surface area contributed by atoms with Crippen LogP contribution in [-0.2, 0) is 17.8 Å². The third-order valence-electron chi connectivity index (χ3n) is 3.30. The van der Waals surface area contributed by atoms with Crippen molar-refractivity contribution in [3.8, 4) is 0 Å². The molecular weight excluding hydrogens is 210 g/mol. The molecule has 1 saturated heterocycles. The summed E-state index contributed by atoms with van der Waals surface area (Å²) in [5.74, 6) is 0.0962. The van der Waals surface area contributed by atoms with E-state index in [-0.39, 0.29) is 5.78 Å². The summed E-state index contributed by atoms with van der Waals surface area (Å²) in [6.45, 7) is 6.87. The molecular formula is C15H19NO. The van der Waals surface area contributed by atoms with Crippen LogP contribution in [0.3, 0.4) is 0 Å². The van der Waals surface area contributed by atoms with Crippen LogP contribution in [0, 0.1) is 0 Å². The van der Waals surface area contributed by atoms with Crippen molar-refractivity contribution in [2.45, 2.75) is 25.8 Å². The number of carbonyl (C=O) groups excluding carboxylic acids is 1. The summed E-state index contributed by atoms with van der Waals surface area (Å²) < 4.78 is 0. The third-order valence-corrected chi connectivity index (χ3v) is 3.30. The van der Waals surface area contributed by atoms with Crippen LogP contribution in [0.1, 0.15) is 24.0 Å². The molecule has 2 rings (SSSR count). The van der Waals surface area contributed by atoms with Crippen molar-refractivity contribution in [1.29, 1.82) is 0 Å². The number of carbonyl (C=O) groups is 1. The zero-order valence-corrected chi connectivity index (χ0v) is 10.2. The van der Waals surface area contributed by atoms with Gasteiger partial charge in [0.2, 0.25) is 0 Å². The molecule has 90 valence electrons. The minimum absolute atomic E-state index is 0.0962. The predicted molar refractivity (Wildman–Crippen MR) is 69.9 cm³/mol. The predicted octanol–water partition coefficient (Wildman–Crippen LogP) is 2.58. The van der Waals surface area contributed by atoms with Crippen molar-refractivity contribution in [1.82, 2.24) is 4.90 Å². The molecule has 17 heavy (non-hydrogen) atoms. The lowest BCUT2D eigenvalue weighted by Gasteiger charge is -2.17. The van der Waals surface area contributed by atoms with Gasteiger partial charge in [-0.15, -0.1) is 0 Å². The van der Waals surface area contributed by atoms with Gasteiger partial charge in [-0.1, -0.05) is 30.8 Å². The van der Waals surface area contributed by atoms with E-state index in [0.29, 0.717) is 6.42 Å². The maximum Gasteiger partial charge on any atom is 0.159 e. The molecule has 1 aliphatic heterocycles. The van der Waals surface area contributed by atoms with Gasteiger partial charge in [0.1, 0.15) is 0 Å². The van der Waals surface area contributed by atoms with Crippen molar-refractivity contribution in [3.63, 3.8) is 0 Å². The van der Waals surface area contributed by atoms with Gasteiger partial charge in [-0.2, -0.15) is 0 Å². The Morgan fingerprint density at radius 3 is 2.53 bits per heavy atom. The first-order valence-corrected chi connectivity index (χ1v) is 6.24. The number of benzene rings is 1. The van der Waals surface area contributed by atoms with E-state index in [1.807, 2.05) is 18.2 Å². The highest BCUT2D eigenvalue weighted by atomic mass is 16.1. The van der Waals surface area contributed by atoms with Crippen molar-refractivity contribution in [2.75, 3.05) is 13.1 Å². The summed E-state index contributed by atoms with van der Waals surface area (Å²) in [5, 5.41) is 0. The second-order valence-electron chi connectivity index (χ2n) is 4.60. The Labute approximate surface area is 103 Å². The molecule has 0 radical (unpaired) electrons. The van der Waals surface area contributed by atoms with E-state index < -0.39 is 0 Å². The first kappa shape index (κ1) is 12.1. The smallest absolute Gasteiger partial charge is 0.159 e. The molecule has 1 fully saturated rings. The van der Waals surface area contributed by atoms with Gasteiger partial charge in [0.15, 0.2) is 5.78 Å². The summed E-state index contributed by atoms with van der Waals surface area (Å²) in [4.78, 5) is 13.9. The lowest BCUT2D eigenvalue weighted by atomic mass is 10.0. The Bertz CT molecular complexity index is 405. The highest BCUT2D eigenvalue weighted by molar-refractivity contribution is 5.91. The second-order valence-corrected chi connectivity index (χ2v) is 4.60. The number of rotatable bonds is 5. The Morgan fingerprint density at radius 1 is 1.24 bits per heavy atom. The SMILES string of the molecule is C=CC(=O)Cc1ccccc1CN1CCCC1. The van der Waals surface area contributed by atoms with E-state index in [4.69, 9.17) is 0 Å². The standard InChI is InChI=1S/C15H19NO/c1-2-15(17)11-13-7-3-4-8-14(13)12-16-9-5-6-10-16/h2-4,7-8H,1,5-6,9-12H2. The fourth-order valence-electron chi connectivity index (χ4n) is 2.33. The van der Waals surface area contributed by atoms with Crippen LogP contribution in [0.4, 0.5) is 0 Å². The first-order valence-electron chi connectivity index (χ1n) is 6.24. The van der Waals surface area contributed by atoms with Crippen molar-refractivity contribution in [3.05, 3.63) is 48.0 Å². The van der Waals surface area contributed by atoms with Gasteiger partial charge in [-0.25, -0.2) is 0 Å². The van der Waals surface area contributed by atoms with Crippen molar-refractivity contribution >= 4 is 5.78 Å². The lowest BCUT2D eigenvalue weighted by molar-refractivity contribution is -0.114. The molecule has 0 spiro atoms. The van der Waals surface area contributed by atoms with Crippen LogP contribution in [0.25, 0.3) is 0 Å². The molecule has 0 unspecified atom stereocenters. The molecule has 2 nitrogen and oxygen atoms in total. The molecule has 0 amide bonds. The molecule has 1 heterocycles. The quantitative estimate of drug-likeness (QED) is 0.723. The normalized spacial score (nSPS) is 16.0. The summed E-state index contributed by atoms with van der Waals surface area (Å²) in [5.41, 5.74) is 2.42. The van der Waals surface area contributed by atoms with Gasteiger partial charge in [-0.3, -0.25) is 9.69 Å². The average Bonchev–Trinajstić information content (AvgIpc) is 2.84. The van der Waals surface area contributed by atoms with E-state index in [0.717, 1.165) is 12.1 Å². The molecule has 0 bridgehead atoms. The van der Waals surface area contributed by atoms with Crippen LogP contribution in [-0.4, -0.2) is 23.8 Å². The highest BCUT2D eigenvalue weighted by Gasteiger charge is 2.13. The Hall–Kier alpha value is -1.41. The van der Waals surface area contributed by atoms with Crippen molar-refractivity contribution in [2.24, 2.45) is 0 Å². The summed E-state index contributed by atoms with van der Waals surface area (Å²) >= 11 is 0. The van der Waals surface area contributed by atoms with E-state index >= 15 is 0 Å². The molecule has 0 N–H and O–H groups in total. The number of hydrogen-bond acceptors (Lipinski definition) is 2. The fourth-order valence-corrected chi connectivity index (χ4v) is 2.33. The van der Waals surface area contributed by atoms with Crippen LogP contribution >= 0.6 is 0 Å². The van der Waals surface area contributed by atoms with Gasteiger partial charge >= 0.3 is 0 Å². The van der Waals surface area contributed by atoms with Gasteiger partial charge < -0.3 is 0 Å². The first-order chi connectivity index (χ1) is 8.29. The molecule has 0 saturated carbocycles. The molecule has 1 aromatic carbocycles. The fraction of sp³-hybridized carbons (Fsp3) is 0.400. The number of allylic oxidation sites excluding steroid dienone is 1. The largest absolute Gasteiger partial charge is 0.299 e. The summed E-state index contributed by atoms with van der Waals surface area (Å²) in [7, 11) is 0. The van der Waals surface area contributed by atoms with E-state index in [1.54, 1.807) is 0 Å². The molecule has 1 aliphatic rings. The Morgan fingerprint density at radius 2 is 1.88 bits per heavy atom. The zero-order valence-electron chi connectivity index (χ0n) is 10.2. The van der Waals surface area contributed by atoms with E-state index in [2.05, 4.69) is 17.5 Å². The topological polar surface area (TPSA) is 20.3 Å². The number of nitrogens with zero attached hydrogens (tertiary/aromatic N) is 1. The second kappa shape index (κ2) is 5.78. The molecule has 1 aromatic rings. The highest BCUT2D eigenvalue weighted by Crippen LogP contribution is 2.16. The van der Waals surface area contributed by atoms with Crippen molar-refractivity contribution < 1.29 is 4.79 Å². The van der Waals surface area contributed by atoms with Gasteiger partial charge in [-0.05, 0) is 43.1 Å². The zero-order chi connectivity index (χ0) is 12.1. The maximum atomic E-state index is 11.4. The van der Waals surface area contributed by atoms with Crippen LogP contribution in [0.5, 0.6) is 0 Å². The van der Waals surface area contributed by atoms with Gasteiger partial charge in [0, 0.05) is 13.0 Å². The molecule has 2 heteroatoms. The third kappa shape index (κ3) is 3.27. The van der Waals surface area contributed by atoms with Gasteiger partial charge in [0.25, 0.3) is 0 Å². The average molecular weight is 229 g/mol. The monoisotopic (exact) mass is 229 g/mol. The van der Waals surface area contributed by atoms with Crippen LogP contribution < -0.4 is 0 Å². The van der Waals surface area contributed by atoms with E-state index in [1.165, 1.54) is 37.6 Å². The number of hydrogen-bond donors (Lipinski definition) is 0. The van der Waals surface area contributed by atoms with E-state index in [9.17, 15) is 4.79 Å². The Balaban J connectivity index is 2.09. The van der Waals surface area contributed by atoms with Gasteiger partial charge in [0.05, 0.1) is 0 Å².